The number of benzene rings is 2. The molecule has 4 rings (SSSR count). The highest BCUT2D eigenvalue weighted by molar-refractivity contribution is 5.95. The third kappa shape index (κ3) is 4.06. The van der Waals surface area contributed by atoms with Crippen molar-refractivity contribution in [3.8, 4) is 6.07 Å². The second-order valence-electron chi connectivity index (χ2n) is 7.48. The van der Waals surface area contributed by atoms with Crippen LogP contribution in [0, 0.1) is 11.3 Å². The van der Waals surface area contributed by atoms with E-state index in [9.17, 15) is 10.1 Å². The highest BCUT2D eigenvalue weighted by atomic mass is 16.2. The SMILES string of the molecule is CCN(C(=O)c1nc2c(C#N)cccc2[nH]1)[C@@H]1C=C(NCc2ccccc2)CCC1. The van der Waals surface area contributed by atoms with Gasteiger partial charge in [0.15, 0.2) is 5.82 Å². The number of imidazole rings is 1. The lowest BCUT2D eigenvalue weighted by atomic mass is 9.98. The van der Waals surface area contributed by atoms with Gasteiger partial charge in [-0.1, -0.05) is 36.4 Å². The largest absolute Gasteiger partial charge is 0.384 e. The zero-order valence-corrected chi connectivity index (χ0v) is 17.1. The van der Waals surface area contributed by atoms with Crippen molar-refractivity contribution in [3.63, 3.8) is 0 Å². The maximum absolute atomic E-state index is 13.2. The van der Waals surface area contributed by atoms with Gasteiger partial charge in [0.25, 0.3) is 5.91 Å². The maximum atomic E-state index is 13.2. The Morgan fingerprint density at radius 1 is 1.27 bits per heavy atom. The summed E-state index contributed by atoms with van der Waals surface area (Å²) in [6.45, 7) is 3.36. The van der Waals surface area contributed by atoms with Gasteiger partial charge in [-0.2, -0.15) is 5.26 Å². The van der Waals surface area contributed by atoms with E-state index in [1.807, 2.05) is 36.1 Å². The van der Waals surface area contributed by atoms with Crippen molar-refractivity contribution < 1.29 is 4.79 Å². The van der Waals surface area contributed by atoms with Crippen LogP contribution >= 0.6 is 0 Å². The Bertz CT molecular complexity index is 1110. The molecule has 2 aromatic carbocycles. The first-order chi connectivity index (χ1) is 14.7. The number of rotatable bonds is 6. The molecule has 0 unspecified atom stereocenters. The summed E-state index contributed by atoms with van der Waals surface area (Å²) in [4.78, 5) is 22.6. The Kier molecular flexibility index (Phi) is 5.80. The van der Waals surface area contributed by atoms with Gasteiger partial charge in [0, 0.05) is 18.8 Å². The molecule has 0 saturated carbocycles. The van der Waals surface area contributed by atoms with Crippen LogP contribution in [0.3, 0.4) is 0 Å². The third-order valence-electron chi connectivity index (χ3n) is 5.54. The summed E-state index contributed by atoms with van der Waals surface area (Å²) in [5.74, 6) is 0.149. The van der Waals surface area contributed by atoms with Gasteiger partial charge >= 0.3 is 0 Å². The number of carbonyl (C=O) groups is 1. The minimum Gasteiger partial charge on any atom is -0.384 e. The van der Waals surface area contributed by atoms with E-state index >= 15 is 0 Å². The maximum Gasteiger partial charge on any atom is 0.290 e. The predicted octanol–water partition coefficient (Wildman–Crippen LogP) is 4.12. The number of fused-ring (bicyclic) bond motifs is 1. The van der Waals surface area contributed by atoms with Gasteiger partial charge in [-0.3, -0.25) is 4.79 Å². The fourth-order valence-electron chi connectivity index (χ4n) is 3.99. The van der Waals surface area contributed by atoms with Crippen LogP contribution in [-0.2, 0) is 6.54 Å². The van der Waals surface area contributed by atoms with Crippen molar-refractivity contribution in [2.45, 2.75) is 38.8 Å². The number of amides is 1. The standard InChI is InChI=1S/C24H25N5O/c1-2-29(24(30)23-27-21-13-6-10-18(15-25)22(21)28-23)20-12-7-11-19(14-20)26-16-17-8-4-3-5-9-17/h3-6,8-10,13-14,20,26H,2,7,11-12,16H2,1H3,(H,27,28)/t20-/m0/s1. The summed E-state index contributed by atoms with van der Waals surface area (Å²) in [5, 5.41) is 12.8. The van der Waals surface area contributed by atoms with Crippen LogP contribution in [0.25, 0.3) is 11.0 Å². The monoisotopic (exact) mass is 399 g/mol. The average Bonchev–Trinajstić information content (AvgIpc) is 3.24. The van der Waals surface area contributed by atoms with Gasteiger partial charge in [0.1, 0.15) is 11.6 Å². The molecule has 0 fully saturated rings. The summed E-state index contributed by atoms with van der Waals surface area (Å²) in [7, 11) is 0. The first-order valence-corrected chi connectivity index (χ1v) is 10.4. The number of likely N-dealkylation sites (N-methyl/N-ethyl adjacent to an activating group) is 1. The lowest BCUT2D eigenvalue weighted by molar-refractivity contribution is 0.0700. The summed E-state index contributed by atoms with van der Waals surface area (Å²) in [6.07, 6.45) is 5.13. The van der Waals surface area contributed by atoms with Crippen molar-refractivity contribution >= 4 is 16.9 Å². The molecular weight excluding hydrogens is 374 g/mol. The van der Waals surface area contributed by atoms with Crippen LogP contribution in [0.15, 0.2) is 60.3 Å². The zero-order chi connectivity index (χ0) is 20.9. The zero-order valence-electron chi connectivity index (χ0n) is 17.1. The van der Waals surface area contributed by atoms with E-state index in [0.29, 0.717) is 23.1 Å². The average molecular weight is 399 g/mol. The number of aromatic amines is 1. The second-order valence-corrected chi connectivity index (χ2v) is 7.48. The second kappa shape index (κ2) is 8.83. The van der Waals surface area contributed by atoms with Crippen LogP contribution in [0.2, 0.25) is 0 Å². The Labute approximate surface area is 176 Å². The third-order valence-corrected chi connectivity index (χ3v) is 5.54. The number of carbonyl (C=O) groups excluding carboxylic acids is 1. The van der Waals surface area contributed by atoms with Crippen molar-refractivity contribution in [1.29, 1.82) is 5.26 Å². The first-order valence-electron chi connectivity index (χ1n) is 10.4. The Balaban J connectivity index is 1.52. The molecule has 1 atom stereocenters. The molecule has 1 amide bonds. The number of para-hydroxylation sites is 1. The Morgan fingerprint density at radius 2 is 2.10 bits per heavy atom. The molecule has 152 valence electrons. The quantitative estimate of drug-likeness (QED) is 0.653. The molecule has 6 heteroatoms. The fraction of sp³-hybridized carbons (Fsp3) is 0.292. The summed E-state index contributed by atoms with van der Waals surface area (Å²) >= 11 is 0. The number of aromatic nitrogens is 2. The molecule has 1 aliphatic rings. The minimum absolute atomic E-state index is 0.0261. The van der Waals surface area contributed by atoms with Crippen LogP contribution in [0.4, 0.5) is 0 Å². The van der Waals surface area contributed by atoms with E-state index in [-0.39, 0.29) is 17.8 Å². The highest BCUT2D eigenvalue weighted by Crippen LogP contribution is 2.23. The predicted molar refractivity (Wildman–Crippen MR) is 117 cm³/mol. The summed E-state index contributed by atoms with van der Waals surface area (Å²) in [5.41, 5.74) is 4.13. The van der Waals surface area contributed by atoms with Crippen molar-refractivity contribution in [2.24, 2.45) is 0 Å². The van der Waals surface area contributed by atoms with E-state index < -0.39 is 0 Å². The molecular formula is C24H25N5O. The van der Waals surface area contributed by atoms with Gasteiger partial charge < -0.3 is 15.2 Å². The van der Waals surface area contributed by atoms with Gasteiger partial charge in [0.2, 0.25) is 0 Å². The van der Waals surface area contributed by atoms with Gasteiger partial charge in [-0.25, -0.2) is 4.98 Å². The number of nitriles is 1. The van der Waals surface area contributed by atoms with Crippen molar-refractivity contribution in [3.05, 3.63) is 77.3 Å². The molecule has 0 bridgehead atoms. The molecule has 30 heavy (non-hydrogen) atoms. The van der Waals surface area contributed by atoms with Crippen LogP contribution in [0.1, 0.15) is 47.9 Å². The van der Waals surface area contributed by atoms with Crippen molar-refractivity contribution in [1.82, 2.24) is 20.2 Å². The van der Waals surface area contributed by atoms with E-state index in [1.54, 1.807) is 12.1 Å². The highest BCUT2D eigenvalue weighted by Gasteiger charge is 2.27. The smallest absolute Gasteiger partial charge is 0.290 e. The number of allylic oxidation sites excluding steroid dienone is 1. The molecule has 3 aromatic rings. The van der Waals surface area contributed by atoms with E-state index in [2.05, 4.69) is 39.6 Å². The lowest BCUT2D eigenvalue weighted by Crippen LogP contribution is -2.41. The number of nitrogens with zero attached hydrogens (tertiary/aromatic N) is 3. The number of H-pyrrole nitrogens is 1. The molecule has 0 saturated heterocycles. The molecule has 0 radical (unpaired) electrons. The number of nitrogens with one attached hydrogen (secondary N) is 2. The Hall–Kier alpha value is -3.59. The molecule has 2 N–H and O–H groups in total. The molecule has 6 nitrogen and oxygen atoms in total. The molecule has 1 heterocycles. The van der Waals surface area contributed by atoms with Crippen molar-refractivity contribution in [2.75, 3.05) is 6.54 Å². The molecule has 0 aliphatic heterocycles. The van der Waals surface area contributed by atoms with Crippen LogP contribution in [0.5, 0.6) is 0 Å². The first kappa shape index (κ1) is 19.7. The van der Waals surface area contributed by atoms with E-state index in [0.717, 1.165) is 25.8 Å². The van der Waals surface area contributed by atoms with E-state index in [4.69, 9.17) is 0 Å². The van der Waals surface area contributed by atoms with Gasteiger partial charge in [-0.15, -0.1) is 0 Å². The van der Waals surface area contributed by atoms with Gasteiger partial charge in [-0.05, 0) is 50.0 Å². The number of hydrogen-bond donors (Lipinski definition) is 2. The van der Waals surface area contributed by atoms with Crippen LogP contribution < -0.4 is 5.32 Å². The summed E-state index contributed by atoms with van der Waals surface area (Å²) < 4.78 is 0. The summed E-state index contributed by atoms with van der Waals surface area (Å²) in [6, 6.07) is 17.8. The molecule has 0 spiro atoms. The fourth-order valence-corrected chi connectivity index (χ4v) is 3.99. The normalized spacial score (nSPS) is 16.0. The van der Waals surface area contributed by atoms with E-state index in [1.165, 1.54) is 11.3 Å². The minimum atomic E-state index is -0.136. The molecule has 1 aromatic heterocycles. The topological polar surface area (TPSA) is 84.8 Å². The van der Waals surface area contributed by atoms with Gasteiger partial charge in [0.05, 0.1) is 17.1 Å². The number of hydrogen-bond acceptors (Lipinski definition) is 4. The Morgan fingerprint density at radius 3 is 2.87 bits per heavy atom. The van der Waals surface area contributed by atoms with Crippen LogP contribution in [-0.4, -0.2) is 33.4 Å². The molecule has 1 aliphatic carbocycles. The lowest BCUT2D eigenvalue weighted by Gasteiger charge is -2.32.